The molecule has 2 aromatic rings. The molecule has 0 saturated carbocycles. The minimum Gasteiger partial charge on any atom is -0.354 e. The normalized spacial score (nSPS) is 10.1. The van der Waals surface area contributed by atoms with Crippen LogP contribution in [0.4, 0.5) is 0 Å². The quantitative estimate of drug-likeness (QED) is 0.788. The third kappa shape index (κ3) is 1.94. The number of nitriles is 1. The molecule has 0 N–H and O–H groups in total. The molecule has 1 heterocycles. The van der Waals surface area contributed by atoms with Crippen LogP contribution in [0.15, 0.2) is 27.2 Å². The molecule has 0 saturated heterocycles. The Balaban J connectivity index is 2.55. The molecule has 0 unspecified atom stereocenters. The third-order valence-electron chi connectivity index (χ3n) is 1.92. The van der Waals surface area contributed by atoms with E-state index in [0.717, 1.165) is 0 Å². The molecule has 80 valence electrons. The van der Waals surface area contributed by atoms with Gasteiger partial charge in [0.1, 0.15) is 10.5 Å². The molecule has 1 aromatic carbocycles. The van der Waals surface area contributed by atoms with Gasteiger partial charge in [-0.2, -0.15) is 5.26 Å². The van der Waals surface area contributed by atoms with Gasteiger partial charge >= 0.3 is 0 Å². The van der Waals surface area contributed by atoms with Gasteiger partial charge < -0.3 is 4.52 Å². The summed E-state index contributed by atoms with van der Waals surface area (Å²) in [6, 6.07) is 6.94. The number of nitrogens with zero attached hydrogens (tertiary/aromatic N) is 2. The topological polar surface area (TPSA) is 49.8 Å². The summed E-state index contributed by atoms with van der Waals surface area (Å²) in [4.78, 5) is 0. The van der Waals surface area contributed by atoms with Crippen LogP contribution in [0, 0.1) is 11.3 Å². The second kappa shape index (κ2) is 4.46. The Hall–Kier alpha value is -1.02. The summed E-state index contributed by atoms with van der Waals surface area (Å²) in [5.41, 5.74) is 0.899. The lowest BCUT2D eigenvalue weighted by atomic mass is 10.1. The molecule has 0 aliphatic carbocycles. The largest absolute Gasteiger partial charge is 0.354 e. The summed E-state index contributed by atoms with van der Waals surface area (Å²) in [7, 11) is 0. The van der Waals surface area contributed by atoms with Crippen molar-refractivity contribution in [1.29, 1.82) is 5.26 Å². The molecule has 0 aliphatic rings. The van der Waals surface area contributed by atoms with E-state index in [0.29, 0.717) is 25.8 Å². The number of aromatic nitrogens is 1. The maximum Gasteiger partial charge on any atom is 0.198 e. The van der Waals surface area contributed by atoms with E-state index < -0.39 is 0 Å². The molecule has 6 heteroatoms. The van der Waals surface area contributed by atoms with E-state index in [1.165, 1.54) is 0 Å². The van der Waals surface area contributed by atoms with Crippen LogP contribution in [0.1, 0.15) is 5.69 Å². The first-order chi connectivity index (χ1) is 7.63. The van der Waals surface area contributed by atoms with Crippen LogP contribution in [0.3, 0.4) is 0 Å². The Labute approximate surface area is 110 Å². The number of rotatable bonds is 1. The summed E-state index contributed by atoms with van der Waals surface area (Å²) in [5.74, 6) is 0.454. The lowest BCUT2D eigenvalue weighted by molar-refractivity contribution is 0.430. The van der Waals surface area contributed by atoms with Crippen LogP contribution < -0.4 is 0 Å². The van der Waals surface area contributed by atoms with Crippen LogP contribution in [0.25, 0.3) is 11.3 Å². The van der Waals surface area contributed by atoms with Gasteiger partial charge in [-0.15, -0.1) is 0 Å². The molecule has 0 atom stereocenters. The average molecular weight is 318 g/mol. The Morgan fingerprint density at radius 2 is 2.06 bits per heavy atom. The molecule has 0 bridgehead atoms. The molecular formula is C10H3BrCl2N2O. The summed E-state index contributed by atoms with van der Waals surface area (Å²) < 4.78 is 5.55. The van der Waals surface area contributed by atoms with E-state index in [9.17, 15) is 0 Å². The van der Waals surface area contributed by atoms with E-state index in [4.69, 9.17) is 33.0 Å². The second-order valence-corrected chi connectivity index (χ2v) is 4.52. The first-order valence-electron chi connectivity index (χ1n) is 4.14. The molecule has 0 fully saturated rings. The van der Waals surface area contributed by atoms with Gasteiger partial charge in [-0.3, -0.25) is 0 Å². The number of halogens is 3. The molecule has 0 radical (unpaired) electrons. The fourth-order valence-corrected chi connectivity index (χ4v) is 1.93. The molecule has 1 aromatic heterocycles. The summed E-state index contributed by atoms with van der Waals surface area (Å²) in [6.45, 7) is 0. The van der Waals surface area contributed by atoms with Crippen molar-refractivity contribution in [3.8, 4) is 17.4 Å². The van der Waals surface area contributed by atoms with E-state index in [1.54, 1.807) is 18.2 Å². The summed E-state index contributed by atoms with van der Waals surface area (Å²) in [5, 5.41) is 13.2. The second-order valence-electron chi connectivity index (χ2n) is 2.91. The van der Waals surface area contributed by atoms with E-state index >= 15 is 0 Å². The van der Waals surface area contributed by atoms with Crippen molar-refractivity contribution in [1.82, 2.24) is 5.16 Å². The Morgan fingerprint density at radius 3 is 2.62 bits per heavy atom. The Kier molecular flexibility index (Phi) is 3.20. The molecule has 2 rings (SSSR count). The lowest BCUT2D eigenvalue weighted by Gasteiger charge is -1.99. The van der Waals surface area contributed by atoms with Gasteiger partial charge in [-0.1, -0.05) is 28.4 Å². The highest BCUT2D eigenvalue weighted by molar-refractivity contribution is 9.10. The first kappa shape index (κ1) is 11.5. The molecule has 0 amide bonds. The number of benzene rings is 1. The lowest BCUT2D eigenvalue weighted by Crippen LogP contribution is -1.77. The highest BCUT2D eigenvalue weighted by atomic mass is 79.9. The molecule has 0 spiro atoms. The van der Waals surface area contributed by atoms with Crippen molar-refractivity contribution in [2.75, 3.05) is 0 Å². The van der Waals surface area contributed by atoms with E-state index in [2.05, 4.69) is 21.1 Å². The molecule has 3 nitrogen and oxygen atoms in total. The maximum atomic E-state index is 8.73. The van der Waals surface area contributed by atoms with E-state index in [-0.39, 0.29) is 5.69 Å². The molecule has 16 heavy (non-hydrogen) atoms. The van der Waals surface area contributed by atoms with Crippen molar-refractivity contribution >= 4 is 39.1 Å². The fourth-order valence-electron chi connectivity index (χ4n) is 1.17. The van der Waals surface area contributed by atoms with E-state index in [1.807, 2.05) is 6.07 Å². The van der Waals surface area contributed by atoms with Crippen molar-refractivity contribution in [3.05, 3.63) is 38.4 Å². The summed E-state index contributed by atoms with van der Waals surface area (Å²) in [6.07, 6.45) is 0. The number of hydrogen-bond acceptors (Lipinski definition) is 3. The van der Waals surface area contributed by atoms with Crippen molar-refractivity contribution < 1.29 is 4.52 Å². The van der Waals surface area contributed by atoms with Gasteiger partial charge in [0.25, 0.3) is 0 Å². The van der Waals surface area contributed by atoms with Gasteiger partial charge in [-0.05, 0) is 34.1 Å². The highest BCUT2D eigenvalue weighted by Crippen LogP contribution is 2.34. The van der Waals surface area contributed by atoms with Gasteiger partial charge in [0.15, 0.2) is 11.5 Å². The first-order valence-corrected chi connectivity index (χ1v) is 5.69. The van der Waals surface area contributed by atoms with Gasteiger partial charge in [0.05, 0.1) is 10.0 Å². The zero-order valence-electron chi connectivity index (χ0n) is 7.67. The zero-order chi connectivity index (χ0) is 11.7. The minimum absolute atomic E-state index is 0.195. The fraction of sp³-hybridized carbons (Fsp3) is 0. The standard InChI is InChI=1S/C10H3BrCl2N2O/c11-9-8(4-14)15-16-10(9)5-1-2-6(12)7(13)3-5/h1-3H. The predicted molar refractivity (Wildman–Crippen MR) is 64.4 cm³/mol. The van der Waals surface area contributed by atoms with Crippen LogP contribution in [-0.2, 0) is 0 Å². The van der Waals surface area contributed by atoms with Crippen molar-refractivity contribution in [3.63, 3.8) is 0 Å². The monoisotopic (exact) mass is 316 g/mol. The summed E-state index contributed by atoms with van der Waals surface area (Å²) >= 11 is 14.9. The number of hydrogen-bond donors (Lipinski definition) is 0. The minimum atomic E-state index is 0.195. The van der Waals surface area contributed by atoms with Crippen molar-refractivity contribution in [2.24, 2.45) is 0 Å². The zero-order valence-corrected chi connectivity index (χ0v) is 10.8. The third-order valence-corrected chi connectivity index (χ3v) is 3.40. The van der Waals surface area contributed by atoms with Crippen molar-refractivity contribution in [2.45, 2.75) is 0 Å². The average Bonchev–Trinajstić information content (AvgIpc) is 2.64. The maximum absolute atomic E-state index is 8.73. The van der Waals surface area contributed by atoms with Gasteiger partial charge in [0, 0.05) is 5.56 Å². The smallest absolute Gasteiger partial charge is 0.198 e. The highest BCUT2D eigenvalue weighted by Gasteiger charge is 2.15. The molecule has 0 aliphatic heterocycles. The van der Waals surface area contributed by atoms with Crippen LogP contribution >= 0.6 is 39.1 Å². The van der Waals surface area contributed by atoms with Crippen LogP contribution in [0.2, 0.25) is 10.0 Å². The predicted octanol–water partition coefficient (Wildman–Crippen LogP) is 4.28. The SMILES string of the molecule is N#Cc1noc(-c2ccc(Cl)c(Cl)c2)c1Br. The molecular weight excluding hydrogens is 315 g/mol. The van der Waals surface area contributed by atoms with Crippen LogP contribution in [0.5, 0.6) is 0 Å². The Bertz CT molecular complexity index is 589. The van der Waals surface area contributed by atoms with Crippen LogP contribution in [-0.4, -0.2) is 5.16 Å². The van der Waals surface area contributed by atoms with Gasteiger partial charge in [-0.25, -0.2) is 0 Å². The Morgan fingerprint density at radius 1 is 1.31 bits per heavy atom. The van der Waals surface area contributed by atoms with Gasteiger partial charge in [0.2, 0.25) is 0 Å².